The summed E-state index contributed by atoms with van der Waals surface area (Å²) in [6.45, 7) is 3.20. The third kappa shape index (κ3) is 5.06. The second-order valence-corrected chi connectivity index (χ2v) is 8.38. The molecule has 0 spiro atoms. The second kappa shape index (κ2) is 9.25. The van der Waals surface area contributed by atoms with Crippen LogP contribution in [-0.4, -0.2) is 41.2 Å². The number of nitrogens with zero attached hydrogens (tertiary/aromatic N) is 2. The molecule has 2 heterocycles. The van der Waals surface area contributed by atoms with Crippen molar-refractivity contribution in [3.63, 3.8) is 0 Å². The van der Waals surface area contributed by atoms with Gasteiger partial charge in [-0.05, 0) is 61.3 Å². The third-order valence-corrected chi connectivity index (χ3v) is 6.33. The second-order valence-electron chi connectivity index (χ2n) is 8.38. The molecule has 0 aliphatic carbocycles. The Bertz CT molecular complexity index is 824. The molecule has 0 bridgehead atoms. The number of hydrogen-bond donors (Lipinski definition) is 0. The number of benzene rings is 2. The quantitative estimate of drug-likeness (QED) is 0.738. The summed E-state index contributed by atoms with van der Waals surface area (Å²) < 4.78 is 0. The number of hydrogen-bond acceptors (Lipinski definition) is 2. The number of rotatable bonds is 6. The monoisotopic (exact) mass is 390 g/mol. The molecule has 29 heavy (non-hydrogen) atoms. The number of carbonyl (C=O) groups excluding carboxylic acids is 2. The van der Waals surface area contributed by atoms with Crippen molar-refractivity contribution in [1.82, 2.24) is 9.80 Å². The SMILES string of the molecule is O=C1CCCN1Cc1ccc(C(=O)N2CCC(CCc3ccccc3)CC2)cc1. The highest BCUT2D eigenvalue weighted by molar-refractivity contribution is 5.94. The highest BCUT2D eigenvalue weighted by Crippen LogP contribution is 2.24. The number of amides is 2. The topological polar surface area (TPSA) is 40.6 Å². The van der Waals surface area contributed by atoms with Crippen LogP contribution in [0.15, 0.2) is 54.6 Å². The van der Waals surface area contributed by atoms with Crippen LogP contribution < -0.4 is 0 Å². The molecule has 4 nitrogen and oxygen atoms in total. The van der Waals surface area contributed by atoms with Crippen molar-refractivity contribution in [1.29, 1.82) is 0 Å². The van der Waals surface area contributed by atoms with Crippen LogP contribution in [0.5, 0.6) is 0 Å². The van der Waals surface area contributed by atoms with Crippen LogP contribution in [0.3, 0.4) is 0 Å². The highest BCUT2D eigenvalue weighted by atomic mass is 16.2. The van der Waals surface area contributed by atoms with Gasteiger partial charge in [-0.25, -0.2) is 0 Å². The first-order valence-electron chi connectivity index (χ1n) is 10.9. The van der Waals surface area contributed by atoms with E-state index >= 15 is 0 Å². The molecule has 2 fully saturated rings. The Kier molecular flexibility index (Phi) is 6.28. The molecule has 0 radical (unpaired) electrons. The minimum atomic E-state index is 0.135. The van der Waals surface area contributed by atoms with E-state index in [4.69, 9.17) is 0 Å². The maximum atomic E-state index is 12.9. The Hall–Kier alpha value is -2.62. The van der Waals surface area contributed by atoms with Crippen molar-refractivity contribution in [2.75, 3.05) is 19.6 Å². The van der Waals surface area contributed by atoms with Gasteiger partial charge in [0.2, 0.25) is 5.91 Å². The number of piperidine rings is 1. The summed E-state index contributed by atoms with van der Waals surface area (Å²) in [4.78, 5) is 28.5. The first-order valence-corrected chi connectivity index (χ1v) is 10.9. The van der Waals surface area contributed by atoms with E-state index < -0.39 is 0 Å². The summed E-state index contributed by atoms with van der Waals surface area (Å²) in [5.41, 5.74) is 3.25. The summed E-state index contributed by atoms with van der Waals surface area (Å²) in [6.07, 6.45) is 6.13. The Morgan fingerprint density at radius 1 is 0.897 bits per heavy atom. The van der Waals surface area contributed by atoms with Gasteiger partial charge in [0.25, 0.3) is 5.91 Å². The third-order valence-electron chi connectivity index (χ3n) is 6.33. The van der Waals surface area contributed by atoms with E-state index in [0.29, 0.717) is 18.9 Å². The minimum absolute atomic E-state index is 0.135. The predicted octanol–water partition coefficient (Wildman–Crippen LogP) is 4.29. The summed E-state index contributed by atoms with van der Waals surface area (Å²) >= 11 is 0. The standard InChI is InChI=1S/C25H30N2O2/c28-24-7-4-16-27(24)19-22-10-12-23(13-11-22)25(29)26-17-14-21(15-18-26)9-8-20-5-2-1-3-6-20/h1-3,5-6,10-13,21H,4,7-9,14-19H2. The molecule has 0 aromatic heterocycles. The number of aryl methyl sites for hydroxylation is 1. The van der Waals surface area contributed by atoms with Gasteiger partial charge in [-0.3, -0.25) is 9.59 Å². The fourth-order valence-corrected chi connectivity index (χ4v) is 4.47. The molecule has 2 saturated heterocycles. The van der Waals surface area contributed by atoms with Crippen molar-refractivity contribution < 1.29 is 9.59 Å². The Morgan fingerprint density at radius 2 is 1.62 bits per heavy atom. The average molecular weight is 391 g/mol. The van der Waals surface area contributed by atoms with Crippen LogP contribution in [0.4, 0.5) is 0 Å². The molecule has 2 amide bonds. The number of carbonyl (C=O) groups is 2. The van der Waals surface area contributed by atoms with Gasteiger partial charge >= 0.3 is 0 Å². The Labute approximate surface area is 173 Å². The summed E-state index contributed by atoms with van der Waals surface area (Å²) in [5.74, 6) is 1.08. The van der Waals surface area contributed by atoms with Gasteiger partial charge in [-0.1, -0.05) is 42.5 Å². The molecule has 152 valence electrons. The molecule has 4 heteroatoms. The van der Waals surface area contributed by atoms with Crippen LogP contribution in [0.1, 0.15) is 53.6 Å². The minimum Gasteiger partial charge on any atom is -0.339 e. The molecule has 2 aliphatic heterocycles. The van der Waals surface area contributed by atoms with Gasteiger partial charge in [-0.2, -0.15) is 0 Å². The van der Waals surface area contributed by atoms with E-state index in [1.165, 1.54) is 12.0 Å². The van der Waals surface area contributed by atoms with Gasteiger partial charge in [0, 0.05) is 38.2 Å². The maximum absolute atomic E-state index is 12.9. The maximum Gasteiger partial charge on any atom is 0.253 e. The lowest BCUT2D eigenvalue weighted by atomic mass is 9.90. The molecule has 2 aliphatic rings. The highest BCUT2D eigenvalue weighted by Gasteiger charge is 2.24. The van der Waals surface area contributed by atoms with Crippen LogP contribution in [0.25, 0.3) is 0 Å². The zero-order valence-corrected chi connectivity index (χ0v) is 17.1. The van der Waals surface area contributed by atoms with Crippen molar-refractivity contribution in [2.45, 2.75) is 45.1 Å². The summed E-state index contributed by atoms with van der Waals surface area (Å²) in [6, 6.07) is 18.5. The largest absolute Gasteiger partial charge is 0.339 e. The Balaban J connectivity index is 1.25. The fraction of sp³-hybridized carbons (Fsp3) is 0.440. The molecular formula is C25H30N2O2. The van der Waals surface area contributed by atoms with Crippen LogP contribution in [-0.2, 0) is 17.8 Å². The van der Waals surface area contributed by atoms with Crippen molar-refractivity contribution in [3.8, 4) is 0 Å². The Morgan fingerprint density at radius 3 is 2.28 bits per heavy atom. The summed E-state index contributed by atoms with van der Waals surface area (Å²) in [7, 11) is 0. The van der Waals surface area contributed by atoms with E-state index in [9.17, 15) is 9.59 Å². The van der Waals surface area contributed by atoms with Crippen LogP contribution >= 0.6 is 0 Å². The fourth-order valence-electron chi connectivity index (χ4n) is 4.47. The van der Waals surface area contributed by atoms with E-state index in [0.717, 1.165) is 56.4 Å². The molecule has 0 unspecified atom stereocenters. The lowest BCUT2D eigenvalue weighted by Gasteiger charge is -2.32. The lowest BCUT2D eigenvalue weighted by Crippen LogP contribution is -2.38. The molecule has 0 N–H and O–H groups in total. The first kappa shape index (κ1) is 19.7. The van der Waals surface area contributed by atoms with Crippen LogP contribution in [0, 0.1) is 5.92 Å². The molecule has 4 rings (SSSR count). The first-order chi connectivity index (χ1) is 14.2. The molecular weight excluding hydrogens is 360 g/mol. The molecule has 0 saturated carbocycles. The van der Waals surface area contributed by atoms with Crippen molar-refractivity contribution >= 4 is 11.8 Å². The van der Waals surface area contributed by atoms with Crippen LogP contribution in [0.2, 0.25) is 0 Å². The van der Waals surface area contributed by atoms with Gasteiger partial charge in [0.15, 0.2) is 0 Å². The lowest BCUT2D eigenvalue weighted by molar-refractivity contribution is -0.128. The van der Waals surface area contributed by atoms with Crippen molar-refractivity contribution in [2.24, 2.45) is 5.92 Å². The van der Waals surface area contributed by atoms with Gasteiger partial charge in [-0.15, -0.1) is 0 Å². The zero-order chi connectivity index (χ0) is 20.1. The van der Waals surface area contributed by atoms with Gasteiger partial charge in [0.05, 0.1) is 0 Å². The number of likely N-dealkylation sites (tertiary alicyclic amines) is 2. The van der Waals surface area contributed by atoms with Gasteiger partial charge in [0.1, 0.15) is 0 Å². The predicted molar refractivity (Wildman–Crippen MR) is 114 cm³/mol. The molecule has 0 atom stereocenters. The van der Waals surface area contributed by atoms with E-state index in [1.807, 2.05) is 34.1 Å². The smallest absolute Gasteiger partial charge is 0.253 e. The van der Waals surface area contributed by atoms with E-state index in [-0.39, 0.29) is 11.8 Å². The normalized spacial score (nSPS) is 17.7. The molecule has 2 aromatic rings. The van der Waals surface area contributed by atoms with Crippen molar-refractivity contribution in [3.05, 3.63) is 71.3 Å². The zero-order valence-electron chi connectivity index (χ0n) is 17.1. The van der Waals surface area contributed by atoms with E-state index in [1.54, 1.807) is 0 Å². The van der Waals surface area contributed by atoms with E-state index in [2.05, 4.69) is 30.3 Å². The van der Waals surface area contributed by atoms with Gasteiger partial charge < -0.3 is 9.80 Å². The molecule has 2 aromatic carbocycles. The summed E-state index contributed by atoms with van der Waals surface area (Å²) in [5, 5.41) is 0. The average Bonchev–Trinajstić information content (AvgIpc) is 3.18.